The highest BCUT2D eigenvalue weighted by atomic mass is 35.5. The minimum Gasteiger partial charge on any atom is -0.452 e. The molecule has 0 spiro atoms. The quantitative estimate of drug-likeness (QED) is 0.641. The number of ether oxygens (including phenoxy) is 1. The Hall–Kier alpha value is -2.58. The van der Waals surface area contributed by atoms with Crippen LogP contribution in [0.3, 0.4) is 0 Å². The minimum atomic E-state index is -0.580. The van der Waals surface area contributed by atoms with Crippen LogP contribution in [0.1, 0.15) is 33.6 Å². The maximum absolute atomic E-state index is 12.8. The lowest BCUT2D eigenvalue weighted by atomic mass is 10.1. The summed E-state index contributed by atoms with van der Waals surface area (Å²) in [5, 5.41) is 4.04. The van der Waals surface area contributed by atoms with Crippen LogP contribution in [-0.4, -0.2) is 55.5 Å². The van der Waals surface area contributed by atoms with Crippen molar-refractivity contribution in [2.45, 2.75) is 26.7 Å². The van der Waals surface area contributed by atoms with Crippen molar-refractivity contribution in [2.75, 3.05) is 43.0 Å². The average Bonchev–Trinajstić information content (AvgIpc) is 3.59. The van der Waals surface area contributed by atoms with E-state index in [1.165, 1.54) is 11.3 Å². The molecule has 0 radical (unpaired) electrons. The number of esters is 1. The summed E-state index contributed by atoms with van der Waals surface area (Å²) in [5.41, 5.74) is 2.15. The summed E-state index contributed by atoms with van der Waals surface area (Å²) in [6, 6.07) is 7.64. The van der Waals surface area contributed by atoms with Gasteiger partial charge >= 0.3 is 5.97 Å². The maximum Gasteiger partial charge on any atom is 0.341 e. The molecular formula is C23H26ClN3O4S. The number of nitrogens with zero attached hydrogens (tertiary/aromatic N) is 2. The number of nitrogens with one attached hydrogen (secondary N) is 1. The Bertz CT molecular complexity index is 1040. The van der Waals surface area contributed by atoms with Gasteiger partial charge in [0.25, 0.3) is 5.91 Å². The summed E-state index contributed by atoms with van der Waals surface area (Å²) in [5.74, 6) is -0.830. The summed E-state index contributed by atoms with van der Waals surface area (Å²) in [4.78, 5) is 42.4. The van der Waals surface area contributed by atoms with Crippen molar-refractivity contribution in [1.29, 1.82) is 0 Å². The zero-order chi connectivity index (χ0) is 22.8. The molecule has 2 amide bonds. The predicted octanol–water partition coefficient (Wildman–Crippen LogP) is 3.87. The Morgan fingerprint density at radius 1 is 1.16 bits per heavy atom. The second-order valence-electron chi connectivity index (χ2n) is 8.17. The van der Waals surface area contributed by atoms with E-state index < -0.39 is 5.97 Å². The van der Waals surface area contributed by atoms with Crippen LogP contribution in [-0.2, 0) is 14.3 Å². The summed E-state index contributed by atoms with van der Waals surface area (Å²) in [7, 11) is 0. The fourth-order valence-corrected chi connectivity index (χ4v) is 4.93. The molecule has 32 heavy (non-hydrogen) atoms. The number of carbonyl (C=O) groups excluding carboxylic acids is 3. The summed E-state index contributed by atoms with van der Waals surface area (Å²) in [6.45, 7) is 5.85. The van der Waals surface area contributed by atoms with Gasteiger partial charge in [0.05, 0.1) is 5.56 Å². The highest BCUT2D eigenvalue weighted by Gasteiger charge is 2.32. The molecule has 1 aliphatic heterocycles. The Balaban J connectivity index is 1.32. The molecule has 9 heteroatoms. The van der Waals surface area contributed by atoms with Gasteiger partial charge in [-0.25, -0.2) is 4.79 Å². The molecule has 0 atom stereocenters. The molecule has 2 heterocycles. The molecule has 2 aromatic rings. The third kappa shape index (κ3) is 5.07. The molecular weight excluding hydrogens is 450 g/mol. The number of rotatable bonds is 6. The van der Waals surface area contributed by atoms with Gasteiger partial charge in [-0.15, -0.1) is 11.3 Å². The first kappa shape index (κ1) is 22.6. The van der Waals surface area contributed by atoms with E-state index in [9.17, 15) is 14.4 Å². The number of aryl methyl sites for hydroxylation is 1. The number of hydrogen-bond donors (Lipinski definition) is 1. The normalized spacial score (nSPS) is 16.1. The number of halogens is 1. The predicted molar refractivity (Wildman–Crippen MR) is 126 cm³/mol. The molecule has 7 nitrogen and oxygen atoms in total. The monoisotopic (exact) mass is 475 g/mol. The van der Waals surface area contributed by atoms with Gasteiger partial charge in [-0.2, -0.15) is 0 Å². The molecule has 0 unspecified atom stereocenters. The highest BCUT2D eigenvalue weighted by Crippen LogP contribution is 2.36. The number of hydrogen-bond acceptors (Lipinski definition) is 6. The minimum absolute atomic E-state index is 0.0359. The number of amides is 2. The van der Waals surface area contributed by atoms with Crippen molar-refractivity contribution in [1.82, 2.24) is 4.90 Å². The lowest BCUT2D eigenvalue weighted by Gasteiger charge is -2.36. The Labute approximate surface area is 196 Å². The first-order valence-electron chi connectivity index (χ1n) is 10.7. The average molecular weight is 476 g/mol. The summed E-state index contributed by atoms with van der Waals surface area (Å²) >= 11 is 7.43. The molecule has 1 N–H and O–H groups in total. The largest absolute Gasteiger partial charge is 0.452 e. The van der Waals surface area contributed by atoms with Crippen molar-refractivity contribution in [3.8, 4) is 0 Å². The standard InChI is InChI=1S/C23H26ClN3O4S/c1-14-15(2)32-22(25-21(29)16-6-7-16)20(14)23(30)31-13-19(28)27-10-8-26(9-11-27)18-5-3-4-17(24)12-18/h3-5,12,16H,6-11,13H2,1-2H3,(H,25,29). The van der Waals surface area contributed by atoms with Crippen molar-refractivity contribution < 1.29 is 19.1 Å². The van der Waals surface area contributed by atoms with E-state index in [-0.39, 0.29) is 24.3 Å². The van der Waals surface area contributed by atoms with E-state index in [2.05, 4.69) is 10.2 Å². The Kier molecular flexibility index (Phi) is 6.71. The first-order valence-corrected chi connectivity index (χ1v) is 11.9. The zero-order valence-electron chi connectivity index (χ0n) is 18.2. The van der Waals surface area contributed by atoms with E-state index in [1.54, 1.807) is 4.90 Å². The SMILES string of the molecule is Cc1sc(NC(=O)C2CC2)c(C(=O)OCC(=O)N2CCN(c3cccc(Cl)c3)CC2)c1C. The highest BCUT2D eigenvalue weighted by molar-refractivity contribution is 7.16. The fourth-order valence-electron chi connectivity index (χ4n) is 3.70. The lowest BCUT2D eigenvalue weighted by Crippen LogP contribution is -2.49. The van der Waals surface area contributed by atoms with Crippen LogP contribution in [0.4, 0.5) is 10.7 Å². The number of piperazine rings is 1. The van der Waals surface area contributed by atoms with Crippen molar-refractivity contribution in [3.05, 3.63) is 45.3 Å². The maximum atomic E-state index is 12.8. The van der Waals surface area contributed by atoms with Crippen LogP contribution in [0.15, 0.2) is 24.3 Å². The zero-order valence-corrected chi connectivity index (χ0v) is 19.7. The molecule has 2 aliphatic rings. The third-order valence-corrected chi connectivity index (χ3v) is 7.26. The van der Waals surface area contributed by atoms with E-state index in [1.807, 2.05) is 38.1 Å². The van der Waals surface area contributed by atoms with Gasteiger partial charge in [0, 0.05) is 47.7 Å². The van der Waals surface area contributed by atoms with Gasteiger partial charge in [-0.1, -0.05) is 17.7 Å². The number of anilines is 2. The topological polar surface area (TPSA) is 78.9 Å². The van der Waals surface area contributed by atoms with Crippen LogP contribution in [0.2, 0.25) is 5.02 Å². The van der Waals surface area contributed by atoms with Gasteiger partial charge in [0.2, 0.25) is 5.91 Å². The van der Waals surface area contributed by atoms with Gasteiger partial charge in [-0.3, -0.25) is 9.59 Å². The van der Waals surface area contributed by atoms with Gasteiger partial charge in [0.1, 0.15) is 5.00 Å². The van der Waals surface area contributed by atoms with Gasteiger partial charge in [-0.05, 0) is 50.5 Å². The van der Waals surface area contributed by atoms with E-state index >= 15 is 0 Å². The Morgan fingerprint density at radius 3 is 2.53 bits per heavy atom. The second-order valence-corrected chi connectivity index (χ2v) is 9.84. The molecule has 1 saturated carbocycles. The molecule has 1 aromatic carbocycles. The molecule has 1 saturated heterocycles. The molecule has 0 bridgehead atoms. The van der Waals surface area contributed by atoms with Gasteiger partial charge in [0.15, 0.2) is 6.61 Å². The lowest BCUT2D eigenvalue weighted by molar-refractivity contribution is -0.134. The van der Waals surface area contributed by atoms with Crippen LogP contribution >= 0.6 is 22.9 Å². The van der Waals surface area contributed by atoms with Crippen LogP contribution < -0.4 is 10.2 Å². The second kappa shape index (κ2) is 9.50. The number of carbonyl (C=O) groups is 3. The fraction of sp³-hybridized carbons (Fsp3) is 0.435. The van der Waals surface area contributed by atoms with Crippen LogP contribution in [0.5, 0.6) is 0 Å². The number of benzene rings is 1. The Morgan fingerprint density at radius 2 is 1.88 bits per heavy atom. The summed E-state index contributed by atoms with van der Waals surface area (Å²) < 4.78 is 5.36. The van der Waals surface area contributed by atoms with Crippen molar-refractivity contribution in [2.24, 2.45) is 5.92 Å². The third-order valence-electron chi connectivity index (χ3n) is 5.91. The molecule has 170 valence electrons. The van der Waals surface area contributed by atoms with E-state index in [0.29, 0.717) is 41.8 Å². The van der Waals surface area contributed by atoms with Crippen molar-refractivity contribution >= 4 is 51.4 Å². The van der Waals surface area contributed by atoms with Crippen LogP contribution in [0, 0.1) is 19.8 Å². The van der Waals surface area contributed by atoms with Crippen molar-refractivity contribution in [3.63, 3.8) is 0 Å². The smallest absolute Gasteiger partial charge is 0.341 e. The van der Waals surface area contributed by atoms with Crippen LogP contribution in [0.25, 0.3) is 0 Å². The van der Waals surface area contributed by atoms with E-state index in [0.717, 1.165) is 29.0 Å². The molecule has 2 fully saturated rings. The number of thiophene rings is 1. The molecule has 1 aliphatic carbocycles. The summed E-state index contributed by atoms with van der Waals surface area (Å²) in [6.07, 6.45) is 1.77. The molecule has 4 rings (SSSR count). The molecule has 1 aromatic heterocycles. The van der Waals surface area contributed by atoms with E-state index in [4.69, 9.17) is 16.3 Å². The van der Waals surface area contributed by atoms with Gasteiger partial charge < -0.3 is 19.9 Å². The first-order chi connectivity index (χ1) is 15.3.